The number of hydrogen-bond acceptors (Lipinski definition) is 5. The lowest BCUT2D eigenvalue weighted by Crippen LogP contribution is -2.14. The Hall–Kier alpha value is -2.47. The number of carbonyl (C=O) groups excluding carboxylic acids is 1. The lowest BCUT2D eigenvalue weighted by atomic mass is 10.2. The number of aryl methyl sites for hydroxylation is 1. The van der Waals surface area contributed by atoms with Gasteiger partial charge in [0.15, 0.2) is 5.58 Å². The minimum atomic E-state index is -0.0995. The maximum Gasteiger partial charge on any atom is 0.257 e. The summed E-state index contributed by atoms with van der Waals surface area (Å²) >= 11 is 1.28. The summed E-state index contributed by atoms with van der Waals surface area (Å²) in [5.41, 5.74) is 3.27. The fourth-order valence-electron chi connectivity index (χ4n) is 2.31. The van der Waals surface area contributed by atoms with E-state index in [1.54, 1.807) is 0 Å². The van der Waals surface area contributed by atoms with Gasteiger partial charge in [-0.25, -0.2) is 4.98 Å². The summed E-state index contributed by atoms with van der Waals surface area (Å²) in [6.45, 7) is 4.70. The van der Waals surface area contributed by atoms with Gasteiger partial charge in [-0.1, -0.05) is 30.8 Å². The van der Waals surface area contributed by atoms with Crippen LogP contribution in [-0.4, -0.2) is 23.3 Å². The fraction of sp³-hybridized carbons (Fsp3) is 0.263. The van der Waals surface area contributed by atoms with Gasteiger partial charge in [-0.15, -0.1) is 0 Å². The van der Waals surface area contributed by atoms with Gasteiger partial charge in [0.2, 0.25) is 5.91 Å². The summed E-state index contributed by atoms with van der Waals surface area (Å²) in [7, 11) is 0. The van der Waals surface area contributed by atoms with Crippen molar-refractivity contribution in [3.05, 3.63) is 48.0 Å². The first-order valence-electron chi connectivity index (χ1n) is 8.17. The molecule has 3 rings (SSSR count). The Morgan fingerprint density at radius 1 is 1.28 bits per heavy atom. The van der Waals surface area contributed by atoms with E-state index in [0.29, 0.717) is 11.8 Å². The first kappa shape index (κ1) is 17.4. The van der Waals surface area contributed by atoms with E-state index >= 15 is 0 Å². The average Bonchev–Trinajstić information content (AvgIpc) is 3.03. The number of nitrogens with zero attached hydrogens (tertiary/aromatic N) is 1. The van der Waals surface area contributed by atoms with Crippen LogP contribution in [0.3, 0.4) is 0 Å². The van der Waals surface area contributed by atoms with Crippen LogP contribution in [0.15, 0.2) is 52.1 Å². The number of anilines is 1. The minimum absolute atomic E-state index is 0.0995. The second-order valence-electron chi connectivity index (χ2n) is 5.61. The summed E-state index contributed by atoms with van der Waals surface area (Å²) in [5.74, 6) is 0.955. The molecule has 0 aliphatic carbocycles. The molecule has 0 radical (unpaired) electrons. The number of fused-ring (bicyclic) bond motifs is 1. The second kappa shape index (κ2) is 8.07. The third kappa shape index (κ3) is 4.54. The van der Waals surface area contributed by atoms with Crippen LogP contribution in [0, 0.1) is 6.92 Å². The van der Waals surface area contributed by atoms with Crippen molar-refractivity contribution in [2.24, 2.45) is 0 Å². The van der Waals surface area contributed by atoms with E-state index in [0.717, 1.165) is 34.5 Å². The van der Waals surface area contributed by atoms with Crippen molar-refractivity contribution in [1.29, 1.82) is 0 Å². The third-order valence-electron chi connectivity index (χ3n) is 3.55. The van der Waals surface area contributed by atoms with Gasteiger partial charge < -0.3 is 14.5 Å². The topological polar surface area (TPSA) is 64.4 Å². The standard InChI is InChI=1S/C19H20N2O3S/c1-3-10-23-14-8-9-15(13(2)11-14)20-18(22)12-25-19-21-16-6-4-5-7-17(16)24-19/h4-9,11H,3,10,12H2,1-2H3,(H,20,22). The average molecular weight is 356 g/mol. The summed E-state index contributed by atoms with van der Waals surface area (Å²) in [4.78, 5) is 16.5. The number of aromatic nitrogens is 1. The van der Waals surface area contributed by atoms with E-state index in [1.807, 2.05) is 49.4 Å². The molecule has 1 aromatic heterocycles. The number of thioether (sulfide) groups is 1. The van der Waals surface area contributed by atoms with Crippen molar-refractivity contribution in [3.8, 4) is 5.75 Å². The van der Waals surface area contributed by atoms with Crippen LogP contribution in [0.1, 0.15) is 18.9 Å². The van der Waals surface area contributed by atoms with Gasteiger partial charge >= 0.3 is 0 Å². The van der Waals surface area contributed by atoms with Crippen LogP contribution in [0.5, 0.6) is 5.75 Å². The highest BCUT2D eigenvalue weighted by Crippen LogP contribution is 2.24. The van der Waals surface area contributed by atoms with E-state index in [9.17, 15) is 4.79 Å². The van der Waals surface area contributed by atoms with E-state index in [4.69, 9.17) is 9.15 Å². The summed E-state index contributed by atoms with van der Waals surface area (Å²) in [5, 5.41) is 3.41. The number of carbonyl (C=O) groups is 1. The van der Waals surface area contributed by atoms with Crippen LogP contribution >= 0.6 is 11.8 Å². The van der Waals surface area contributed by atoms with Gasteiger partial charge in [0.25, 0.3) is 5.22 Å². The Labute approximate surface area is 150 Å². The highest BCUT2D eigenvalue weighted by Gasteiger charge is 2.10. The molecule has 0 bridgehead atoms. The van der Waals surface area contributed by atoms with Crippen molar-refractivity contribution in [2.45, 2.75) is 25.5 Å². The van der Waals surface area contributed by atoms with Crippen molar-refractivity contribution >= 4 is 34.5 Å². The van der Waals surface area contributed by atoms with Gasteiger partial charge in [0.1, 0.15) is 11.3 Å². The maximum atomic E-state index is 12.2. The van der Waals surface area contributed by atoms with Crippen LogP contribution < -0.4 is 10.1 Å². The Morgan fingerprint density at radius 2 is 2.12 bits per heavy atom. The molecule has 0 aliphatic heterocycles. The molecule has 1 N–H and O–H groups in total. The maximum absolute atomic E-state index is 12.2. The number of para-hydroxylation sites is 2. The monoisotopic (exact) mass is 356 g/mol. The number of rotatable bonds is 7. The molecule has 0 aliphatic rings. The molecule has 0 atom stereocenters. The van der Waals surface area contributed by atoms with E-state index < -0.39 is 0 Å². The molecular formula is C19H20N2O3S. The molecule has 0 saturated heterocycles. The van der Waals surface area contributed by atoms with E-state index in [2.05, 4.69) is 17.2 Å². The van der Waals surface area contributed by atoms with Crippen LogP contribution in [0.25, 0.3) is 11.1 Å². The Balaban J connectivity index is 1.56. The zero-order valence-electron chi connectivity index (χ0n) is 14.2. The number of nitrogens with one attached hydrogen (secondary N) is 1. The van der Waals surface area contributed by atoms with Gasteiger partial charge in [-0.3, -0.25) is 4.79 Å². The predicted molar refractivity (Wildman–Crippen MR) is 100 cm³/mol. The van der Waals surface area contributed by atoms with Crippen molar-refractivity contribution in [1.82, 2.24) is 4.98 Å². The first-order valence-corrected chi connectivity index (χ1v) is 9.16. The fourth-order valence-corrected chi connectivity index (χ4v) is 2.95. The molecule has 2 aromatic carbocycles. The molecule has 0 fully saturated rings. The normalized spacial score (nSPS) is 10.8. The molecule has 130 valence electrons. The Morgan fingerprint density at radius 3 is 2.88 bits per heavy atom. The Bertz CT molecular complexity index is 843. The van der Waals surface area contributed by atoms with Gasteiger partial charge in [-0.05, 0) is 49.2 Å². The molecule has 3 aromatic rings. The number of ether oxygens (including phenoxy) is 1. The lowest BCUT2D eigenvalue weighted by molar-refractivity contribution is -0.113. The lowest BCUT2D eigenvalue weighted by Gasteiger charge is -2.10. The van der Waals surface area contributed by atoms with Crippen LogP contribution in [0.2, 0.25) is 0 Å². The second-order valence-corrected chi connectivity index (χ2v) is 6.54. The summed E-state index contributed by atoms with van der Waals surface area (Å²) in [6.07, 6.45) is 0.963. The molecule has 0 saturated carbocycles. The van der Waals surface area contributed by atoms with E-state index in [-0.39, 0.29) is 11.7 Å². The first-order chi connectivity index (χ1) is 12.2. The molecular weight excluding hydrogens is 336 g/mol. The third-order valence-corrected chi connectivity index (χ3v) is 4.37. The number of oxazole rings is 1. The van der Waals surface area contributed by atoms with Gasteiger partial charge in [0.05, 0.1) is 12.4 Å². The highest BCUT2D eigenvalue weighted by molar-refractivity contribution is 7.99. The number of benzene rings is 2. The van der Waals surface area contributed by atoms with Crippen LogP contribution in [-0.2, 0) is 4.79 Å². The van der Waals surface area contributed by atoms with Crippen molar-refractivity contribution in [3.63, 3.8) is 0 Å². The number of amides is 1. The molecule has 1 amide bonds. The van der Waals surface area contributed by atoms with Gasteiger partial charge in [-0.2, -0.15) is 0 Å². The molecule has 0 unspecified atom stereocenters. The number of hydrogen-bond donors (Lipinski definition) is 1. The van der Waals surface area contributed by atoms with Gasteiger partial charge in [0, 0.05) is 5.69 Å². The largest absolute Gasteiger partial charge is 0.494 e. The summed E-state index contributed by atoms with van der Waals surface area (Å²) in [6, 6.07) is 13.2. The Kier molecular flexibility index (Phi) is 5.60. The molecule has 25 heavy (non-hydrogen) atoms. The molecule has 0 spiro atoms. The SMILES string of the molecule is CCCOc1ccc(NC(=O)CSc2nc3ccccc3o2)c(C)c1. The van der Waals surface area contributed by atoms with Crippen molar-refractivity contribution in [2.75, 3.05) is 17.7 Å². The quantitative estimate of drug-likeness (QED) is 0.624. The predicted octanol–water partition coefficient (Wildman–Crippen LogP) is 4.66. The highest BCUT2D eigenvalue weighted by atomic mass is 32.2. The summed E-state index contributed by atoms with van der Waals surface area (Å²) < 4.78 is 11.2. The zero-order valence-corrected chi connectivity index (χ0v) is 15.1. The van der Waals surface area contributed by atoms with Crippen LogP contribution in [0.4, 0.5) is 5.69 Å². The zero-order chi connectivity index (χ0) is 17.6. The smallest absolute Gasteiger partial charge is 0.257 e. The van der Waals surface area contributed by atoms with Crippen molar-refractivity contribution < 1.29 is 13.9 Å². The molecule has 6 heteroatoms. The molecule has 5 nitrogen and oxygen atoms in total. The molecule has 1 heterocycles. The minimum Gasteiger partial charge on any atom is -0.494 e. The van der Waals surface area contributed by atoms with E-state index in [1.165, 1.54) is 11.8 Å².